The van der Waals surface area contributed by atoms with E-state index in [1.807, 2.05) is 17.7 Å². The minimum atomic E-state index is -0.344. The van der Waals surface area contributed by atoms with Gasteiger partial charge in [-0.1, -0.05) is 15.9 Å². The molecule has 0 fully saturated rings. The van der Waals surface area contributed by atoms with E-state index in [1.54, 1.807) is 6.20 Å². The lowest BCUT2D eigenvalue weighted by Crippen LogP contribution is -2.31. The van der Waals surface area contributed by atoms with E-state index in [0.717, 1.165) is 15.7 Å². The van der Waals surface area contributed by atoms with Crippen molar-refractivity contribution in [2.24, 2.45) is 5.84 Å². The van der Waals surface area contributed by atoms with Gasteiger partial charge in [0.15, 0.2) is 0 Å². The van der Waals surface area contributed by atoms with Crippen molar-refractivity contribution in [1.82, 2.24) is 15.2 Å². The number of nitrogens with two attached hydrogens (primary N) is 1. The number of hydrazine groups is 1. The number of hydrogen-bond acceptors (Lipinski definition) is 3. The number of rotatable bonds is 4. The molecule has 3 N–H and O–H groups in total. The van der Waals surface area contributed by atoms with Gasteiger partial charge in [0.1, 0.15) is 5.82 Å². The highest BCUT2D eigenvalue weighted by Gasteiger charge is 2.21. The average molecular weight is 392 g/mol. The molecule has 0 saturated carbocycles. The van der Waals surface area contributed by atoms with E-state index < -0.39 is 0 Å². The largest absolute Gasteiger partial charge is 0.271 e. The molecule has 0 aliphatic carbocycles. The van der Waals surface area contributed by atoms with Crippen molar-refractivity contribution in [2.45, 2.75) is 19.5 Å². The van der Waals surface area contributed by atoms with Gasteiger partial charge in [0.25, 0.3) is 0 Å². The molecular formula is C12H13Br2FN4. The van der Waals surface area contributed by atoms with Crippen molar-refractivity contribution in [3.63, 3.8) is 0 Å². The smallest absolute Gasteiger partial charge is 0.124 e. The molecule has 1 heterocycles. The minimum absolute atomic E-state index is 0.316. The van der Waals surface area contributed by atoms with Gasteiger partial charge in [0, 0.05) is 11.0 Å². The lowest BCUT2D eigenvalue weighted by molar-refractivity contribution is 0.537. The van der Waals surface area contributed by atoms with Crippen molar-refractivity contribution in [3.8, 4) is 0 Å². The fourth-order valence-electron chi connectivity index (χ4n) is 1.99. The molecule has 19 heavy (non-hydrogen) atoms. The van der Waals surface area contributed by atoms with Crippen LogP contribution in [-0.4, -0.2) is 9.78 Å². The van der Waals surface area contributed by atoms with E-state index in [1.165, 1.54) is 12.1 Å². The lowest BCUT2D eigenvalue weighted by Gasteiger charge is -2.19. The number of nitrogens with zero attached hydrogens (tertiary/aromatic N) is 2. The van der Waals surface area contributed by atoms with Crippen LogP contribution in [0.3, 0.4) is 0 Å². The second kappa shape index (κ2) is 6.13. The molecule has 102 valence electrons. The summed E-state index contributed by atoms with van der Waals surface area (Å²) in [6.07, 6.45) is 1.71. The fourth-order valence-corrected chi connectivity index (χ4v) is 2.99. The van der Waals surface area contributed by atoms with Gasteiger partial charge in [-0.05, 0) is 46.6 Å². The van der Waals surface area contributed by atoms with E-state index in [4.69, 9.17) is 5.84 Å². The summed E-state index contributed by atoms with van der Waals surface area (Å²) in [6, 6.07) is 4.34. The summed E-state index contributed by atoms with van der Waals surface area (Å²) in [4.78, 5) is 0. The van der Waals surface area contributed by atoms with Crippen LogP contribution in [0.5, 0.6) is 0 Å². The van der Waals surface area contributed by atoms with E-state index in [2.05, 4.69) is 42.4 Å². The summed E-state index contributed by atoms with van der Waals surface area (Å²) in [5.74, 6) is 5.32. The summed E-state index contributed by atoms with van der Waals surface area (Å²) in [5, 5.41) is 4.24. The van der Waals surface area contributed by atoms with Crippen molar-refractivity contribution in [2.75, 3.05) is 0 Å². The van der Waals surface area contributed by atoms with Gasteiger partial charge in [-0.15, -0.1) is 0 Å². The lowest BCUT2D eigenvalue weighted by atomic mass is 10.0. The Balaban J connectivity index is 2.52. The number of hydrogen-bond donors (Lipinski definition) is 2. The molecule has 0 aliphatic heterocycles. The Morgan fingerprint density at radius 3 is 2.74 bits per heavy atom. The van der Waals surface area contributed by atoms with Gasteiger partial charge >= 0.3 is 0 Å². The Morgan fingerprint density at radius 2 is 2.16 bits per heavy atom. The molecule has 0 spiro atoms. The Morgan fingerprint density at radius 1 is 1.42 bits per heavy atom. The number of halogens is 3. The van der Waals surface area contributed by atoms with Gasteiger partial charge < -0.3 is 0 Å². The first-order valence-corrected chi connectivity index (χ1v) is 7.28. The normalized spacial score (nSPS) is 12.7. The third-order valence-electron chi connectivity index (χ3n) is 2.79. The fraction of sp³-hybridized carbons (Fsp3) is 0.250. The topological polar surface area (TPSA) is 55.9 Å². The molecule has 2 aromatic rings. The molecule has 2 rings (SSSR count). The SMILES string of the molecule is CCn1ncc(Br)c1C(NN)c1cc(F)cc(Br)c1. The highest BCUT2D eigenvalue weighted by molar-refractivity contribution is 9.10. The van der Waals surface area contributed by atoms with Gasteiger partial charge in [0.2, 0.25) is 0 Å². The van der Waals surface area contributed by atoms with Crippen molar-refractivity contribution < 1.29 is 4.39 Å². The molecule has 0 bridgehead atoms. The summed E-state index contributed by atoms with van der Waals surface area (Å²) in [5.41, 5.74) is 4.30. The standard InChI is InChI=1S/C12H13Br2FN4/c1-2-19-12(10(14)6-17-19)11(18-16)7-3-8(13)5-9(15)4-7/h3-6,11,18H,2,16H2,1H3. The number of benzene rings is 1. The first-order chi connectivity index (χ1) is 9.06. The minimum Gasteiger partial charge on any atom is -0.271 e. The zero-order valence-corrected chi connectivity index (χ0v) is 13.4. The van der Waals surface area contributed by atoms with Crippen LogP contribution in [0.15, 0.2) is 33.3 Å². The number of nitrogens with one attached hydrogen (secondary N) is 1. The van der Waals surface area contributed by atoms with Crippen LogP contribution in [0.4, 0.5) is 4.39 Å². The molecule has 0 radical (unpaired) electrons. The summed E-state index contributed by atoms with van der Waals surface area (Å²) in [7, 11) is 0. The van der Waals surface area contributed by atoms with E-state index in [-0.39, 0.29) is 11.9 Å². The Kier molecular flexibility index (Phi) is 4.72. The molecular weight excluding hydrogens is 379 g/mol. The third-order valence-corrected chi connectivity index (χ3v) is 3.86. The van der Waals surface area contributed by atoms with Crippen LogP contribution >= 0.6 is 31.9 Å². The van der Waals surface area contributed by atoms with Crippen LogP contribution < -0.4 is 11.3 Å². The maximum Gasteiger partial charge on any atom is 0.124 e. The maximum absolute atomic E-state index is 13.5. The van der Waals surface area contributed by atoms with Gasteiger partial charge in [-0.3, -0.25) is 10.5 Å². The van der Waals surface area contributed by atoms with Gasteiger partial charge in [0.05, 0.1) is 22.4 Å². The van der Waals surface area contributed by atoms with Crippen molar-refractivity contribution >= 4 is 31.9 Å². The Labute approximate surface area is 127 Å². The van der Waals surface area contributed by atoms with Crippen LogP contribution in [0.1, 0.15) is 24.2 Å². The third kappa shape index (κ3) is 3.05. The predicted molar refractivity (Wildman–Crippen MR) is 78.9 cm³/mol. The average Bonchev–Trinajstić information content (AvgIpc) is 2.71. The molecule has 7 heteroatoms. The molecule has 1 atom stereocenters. The van der Waals surface area contributed by atoms with Crippen molar-refractivity contribution in [1.29, 1.82) is 0 Å². The Hall–Kier alpha value is -0.760. The number of aryl methyl sites for hydroxylation is 1. The molecule has 1 unspecified atom stereocenters. The highest BCUT2D eigenvalue weighted by atomic mass is 79.9. The van der Waals surface area contributed by atoms with E-state index in [9.17, 15) is 4.39 Å². The zero-order chi connectivity index (χ0) is 14.0. The van der Waals surface area contributed by atoms with E-state index in [0.29, 0.717) is 11.0 Å². The van der Waals surface area contributed by atoms with Gasteiger partial charge in [-0.2, -0.15) is 5.10 Å². The summed E-state index contributed by atoms with van der Waals surface area (Å²) in [6.45, 7) is 2.69. The quantitative estimate of drug-likeness (QED) is 0.621. The molecule has 0 amide bonds. The predicted octanol–water partition coefficient (Wildman–Crippen LogP) is 3.12. The second-order valence-electron chi connectivity index (χ2n) is 4.00. The molecule has 4 nitrogen and oxygen atoms in total. The monoisotopic (exact) mass is 390 g/mol. The molecule has 0 aliphatic rings. The first kappa shape index (κ1) is 14.6. The van der Waals surface area contributed by atoms with E-state index >= 15 is 0 Å². The van der Waals surface area contributed by atoms with Crippen LogP contribution in [0.2, 0.25) is 0 Å². The molecule has 0 saturated heterocycles. The maximum atomic E-state index is 13.5. The van der Waals surface area contributed by atoms with Gasteiger partial charge in [-0.25, -0.2) is 9.82 Å². The molecule has 1 aromatic heterocycles. The zero-order valence-electron chi connectivity index (χ0n) is 10.2. The van der Waals surface area contributed by atoms with Crippen LogP contribution in [-0.2, 0) is 6.54 Å². The van der Waals surface area contributed by atoms with Crippen molar-refractivity contribution in [3.05, 3.63) is 50.4 Å². The first-order valence-electron chi connectivity index (χ1n) is 5.70. The highest BCUT2D eigenvalue weighted by Crippen LogP contribution is 2.30. The summed E-state index contributed by atoms with van der Waals surface area (Å²) >= 11 is 6.73. The number of aromatic nitrogens is 2. The van der Waals surface area contributed by atoms with Crippen LogP contribution in [0.25, 0.3) is 0 Å². The second-order valence-corrected chi connectivity index (χ2v) is 5.77. The van der Waals surface area contributed by atoms with Crippen LogP contribution in [0, 0.1) is 5.82 Å². The molecule has 1 aromatic carbocycles. The summed E-state index contributed by atoms with van der Waals surface area (Å²) < 4.78 is 16.8. The Bertz CT molecular complexity index is 565.